The minimum absolute atomic E-state index is 0.0201. The summed E-state index contributed by atoms with van der Waals surface area (Å²) < 4.78 is 16.5. The van der Waals surface area contributed by atoms with Crippen LogP contribution < -0.4 is 15.4 Å². The molecule has 0 aliphatic carbocycles. The lowest BCUT2D eigenvalue weighted by molar-refractivity contribution is 0.387. The van der Waals surface area contributed by atoms with Crippen molar-refractivity contribution in [3.8, 4) is 5.75 Å². The van der Waals surface area contributed by atoms with Gasteiger partial charge < -0.3 is 24.8 Å². The summed E-state index contributed by atoms with van der Waals surface area (Å²) in [5, 5.41) is 4.19. The summed E-state index contributed by atoms with van der Waals surface area (Å²) in [6.45, 7) is 0.391. The van der Waals surface area contributed by atoms with Crippen LogP contribution in [0.2, 0.25) is 5.28 Å². The Morgan fingerprint density at radius 2 is 1.93 bits per heavy atom. The van der Waals surface area contributed by atoms with Crippen LogP contribution in [0.5, 0.6) is 5.75 Å². The van der Waals surface area contributed by atoms with Crippen LogP contribution in [0.25, 0.3) is 21.9 Å². The van der Waals surface area contributed by atoms with Crippen LogP contribution in [0.4, 0.5) is 5.82 Å². The Hall–Kier alpha value is -2.64. The van der Waals surface area contributed by atoms with Gasteiger partial charge in [-0.15, -0.1) is 0 Å². The Bertz CT molecular complexity index is 1220. The summed E-state index contributed by atoms with van der Waals surface area (Å²) in [6.07, 6.45) is 0. The lowest BCUT2D eigenvalue weighted by Gasteiger charge is -2.09. The number of benzene rings is 2. The van der Waals surface area contributed by atoms with E-state index in [0.717, 1.165) is 22.2 Å². The van der Waals surface area contributed by atoms with Gasteiger partial charge in [0.2, 0.25) is 5.28 Å². The van der Waals surface area contributed by atoms with Crippen molar-refractivity contribution in [1.82, 2.24) is 15.0 Å². The fourth-order valence-corrected chi connectivity index (χ4v) is 3.67. The fourth-order valence-electron chi connectivity index (χ4n) is 2.96. The second-order valence-corrected chi connectivity index (χ2v) is 8.11. The molecule has 0 amide bonds. The van der Waals surface area contributed by atoms with Gasteiger partial charge in [-0.05, 0) is 41.4 Å². The van der Waals surface area contributed by atoms with Crippen molar-refractivity contribution in [2.24, 2.45) is 0 Å². The van der Waals surface area contributed by atoms with E-state index in [2.05, 4.69) is 20.3 Å². The summed E-state index contributed by atoms with van der Waals surface area (Å²) in [4.78, 5) is 30.3. The predicted octanol–water partition coefficient (Wildman–Crippen LogP) is 3.19. The summed E-state index contributed by atoms with van der Waals surface area (Å²) in [5.41, 5.74) is 3.08. The van der Waals surface area contributed by atoms with Crippen molar-refractivity contribution < 1.29 is 19.1 Å². The molecule has 28 heavy (non-hydrogen) atoms. The molecule has 0 spiro atoms. The zero-order chi connectivity index (χ0) is 19.9. The number of methoxy groups -OCH3 is 1. The molecule has 8 nitrogen and oxygen atoms in total. The first-order valence-corrected chi connectivity index (χ1v) is 10.3. The highest BCUT2D eigenvalue weighted by atomic mass is 35.5. The number of fused-ring (bicyclic) bond motifs is 3. The first-order chi connectivity index (χ1) is 13.3. The maximum atomic E-state index is 11.3. The topological polar surface area (TPSA) is 120 Å². The molecule has 2 aromatic heterocycles. The van der Waals surface area contributed by atoms with Gasteiger partial charge in [0.05, 0.1) is 17.9 Å². The molecule has 0 bridgehead atoms. The summed E-state index contributed by atoms with van der Waals surface area (Å²) >= 11 is 6.10. The van der Waals surface area contributed by atoms with Crippen LogP contribution in [-0.2, 0) is 11.1 Å². The molecule has 10 heteroatoms. The number of anilines is 1. The molecule has 0 fully saturated rings. The second kappa shape index (κ2) is 7.07. The van der Waals surface area contributed by atoms with Crippen molar-refractivity contribution in [3.05, 3.63) is 53.3 Å². The van der Waals surface area contributed by atoms with E-state index in [0.29, 0.717) is 23.4 Å². The third-order valence-corrected chi connectivity index (χ3v) is 5.50. The van der Waals surface area contributed by atoms with Crippen molar-refractivity contribution in [1.29, 1.82) is 0 Å². The SMILES string of the molecule is COc1ccc2c(c1)[nH]c1c(NCc3ccc(P(=O)(O)O)cc3)nc(Cl)nc12. The maximum absolute atomic E-state index is 11.3. The van der Waals surface area contributed by atoms with Crippen LogP contribution in [0, 0.1) is 0 Å². The van der Waals surface area contributed by atoms with Gasteiger partial charge in [0.1, 0.15) is 16.8 Å². The predicted molar refractivity (Wildman–Crippen MR) is 108 cm³/mol. The highest BCUT2D eigenvalue weighted by Crippen LogP contribution is 2.33. The van der Waals surface area contributed by atoms with Crippen LogP contribution in [0.3, 0.4) is 0 Å². The van der Waals surface area contributed by atoms with E-state index in [9.17, 15) is 14.4 Å². The van der Waals surface area contributed by atoms with Crippen molar-refractivity contribution in [2.45, 2.75) is 6.54 Å². The van der Waals surface area contributed by atoms with Crippen molar-refractivity contribution >= 4 is 52.3 Å². The summed E-state index contributed by atoms with van der Waals surface area (Å²) in [6, 6.07) is 11.7. The highest BCUT2D eigenvalue weighted by Gasteiger charge is 2.16. The Kier molecular flexibility index (Phi) is 4.72. The standard InChI is InChI=1S/C18H16ClN4O4P/c1-27-11-4-7-13-14(8-11)21-16-15(13)22-18(19)23-17(16)20-9-10-2-5-12(6-3-10)28(24,25)26/h2-8,21H,9H2,1H3,(H,20,22,23)(H2,24,25,26). The van der Waals surface area contributed by atoms with Crippen LogP contribution in [0.1, 0.15) is 5.56 Å². The van der Waals surface area contributed by atoms with E-state index in [1.165, 1.54) is 12.1 Å². The number of hydrogen-bond donors (Lipinski definition) is 4. The van der Waals surface area contributed by atoms with Gasteiger partial charge in [0.15, 0.2) is 5.82 Å². The monoisotopic (exact) mass is 418 g/mol. The van der Waals surface area contributed by atoms with Gasteiger partial charge in [-0.1, -0.05) is 12.1 Å². The number of nitrogens with zero attached hydrogens (tertiary/aromatic N) is 2. The molecule has 0 radical (unpaired) electrons. The average molecular weight is 419 g/mol. The van der Waals surface area contributed by atoms with E-state index in [4.69, 9.17) is 16.3 Å². The first kappa shape index (κ1) is 18.7. The smallest absolute Gasteiger partial charge is 0.356 e. The molecule has 0 aliphatic rings. The third-order valence-electron chi connectivity index (χ3n) is 4.36. The lowest BCUT2D eigenvalue weighted by atomic mass is 10.2. The quantitative estimate of drug-likeness (QED) is 0.290. The van der Waals surface area contributed by atoms with Crippen LogP contribution in [-0.4, -0.2) is 31.8 Å². The molecule has 4 N–H and O–H groups in total. The third kappa shape index (κ3) is 3.55. The van der Waals surface area contributed by atoms with Crippen molar-refractivity contribution in [3.63, 3.8) is 0 Å². The van der Waals surface area contributed by atoms with Gasteiger partial charge in [0.25, 0.3) is 0 Å². The van der Waals surface area contributed by atoms with Crippen molar-refractivity contribution in [2.75, 3.05) is 12.4 Å². The molecule has 0 saturated carbocycles. The number of nitrogens with one attached hydrogen (secondary N) is 2. The number of ether oxygens (including phenoxy) is 1. The second-order valence-electron chi connectivity index (χ2n) is 6.17. The van der Waals surface area contributed by atoms with Gasteiger partial charge in [0, 0.05) is 18.0 Å². The fraction of sp³-hybridized carbons (Fsp3) is 0.111. The molecular weight excluding hydrogens is 403 g/mol. The molecule has 2 aromatic carbocycles. The zero-order valence-corrected chi connectivity index (χ0v) is 16.3. The summed E-state index contributed by atoms with van der Waals surface area (Å²) in [7, 11) is -2.65. The molecule has 0 atom stereocenters. The molecule has 0 saturated heterocycles. The molecule has 144 valence electrons. The van der Waals surface area contributed by atoms with E-state index >= 15 is 0 Å². The molecular formula is C18H16ClN4O4P. The number of hydrogen-bond acceptors (Lipinski definition) is 5. The maximum Gasteiger partial charge on any atom is 0.356 e. The molecule has 0 unspecified atom stereocenters. The van der Waals surface area contributed by atoms with E-state index in [1.54, 1.807) is 19.2 Å². The van der Waals surface area contributed by atoms with Gasteiger partial charge in [-0.25, -0.2) is 4.98 Å². The zero-order valence-electron chi connectivity index (χ0n) is 14.7. The number of H-pyrrole nitrogens is 1. The van der Waals surface area contributed by atoms with E-state index < -0.39 is 7.60 Å². The Labute approximate surface area is 164 Å². The molecule has 4 rings (SSSR count). The lowest BCUT2D eigenvalue weighted by Crippen LogP contribution is -2.06. The highest BCUT2D eigenvalue weighted by molar-refractivity contribution is 7.60. The van der Waals surface area contributed by atoms with E-state index in [1.807, 2.05) is 18.2 Å². The largest absolute Gasteiger partial charge is 0.497 e. The van der Waals surface area contributed by atoms with Crippen LogP contribution >= 0.6 is 19.2 Å². The minimum Gasteiger partial charge on any atom is -0.497 e. The number of rotatable bonds is 5. The van der Waals surface area contributed by atoms with Crippen LogP contribution in [0.15, 0.2) is 42.5 Å². The van der Waals surface area contributed by atoms with E-state index in [-0.39, 0.29) is 10.6 Å². The number of halogens is 1. The van der Waals surface area contributed by atoms with Gasteiger partial charge >= 0.3 is 7.60 Å². The van der Waals surface area contributed by atoms with Gasteiger partial charge in [-0.3, -0.25) is 4.57 Å². The number of aromatic nitrogens is 3. The number of aromatic amines is 1. The Balaban J connectivity index is 1.67. The average Bonchev–Trinajstić information content (AvgIpc) is 3.03. The molecule has 0 aliphatic heterocycles. The molecule has 4 aromatic rings. The normalized spacial score (nSPS) is 11.9. The minimum atomic E-state index is -4.25. The molecule has 2 heterocycles. The first-order valence-electron chi connectivity index (χ1n) is 8.27. The Morgan fingerprint density at radius 1 is 1.18 bits per heavy atom. The Morgan fingerprint density at radius 3 is 2.61 bits per heavy atom. The summed E-state index contributed by atoms with van der Waals surface area (Å²) in [5.74, 6) is 1.25. The van der Waals surface area contributed by atoms with Gasteiger partial charge in [-0.2, -0.15) is 4.98 Å².